The van der Waals surface area contributed by atoms with Gasteiger partial charge < -0.3 is 10.6 Å². The molecule has 2 heterocycles. The zero-order chi connectivity index (χ0) is 18.8. The number of benzene rings is 1. The van der Waals surface area contributed by atoms with Crippen LogP contribution in [0.3, 0.4) is 0 Å². The van der Waals surface area contributed by atoms with Crippen molar-refractivity contribution in [1.82, 2.24) is 15.0 Å². The van der Waals surface area contributed by atoms with Crippen molar-refractivity contribution in [2.24, 2.45) is 0 Å². The molecule has 1 aromatic carbocycles. The highest BCUT2D eigenvalue weighted by molar-refractivity contribution is 7.15. The lowest BCUT2D eigenvalue weighted by atomic mass is 10.1. The SMILES string of the molecule is Cc1nc(Nc2nc(C)c(C(=O)Nc3ccccc3Cl)c(C)n2)sc1C. The van der Waals surface area contributed by atoms with Gasteiger partial charge in [-0.2, -0.15) is 0 Å². The summed E-state index contributed by atoms with van der Waals surface area (Å²) in [5.74, 6) is 0.128. The van der Waals surface area contributed by atoms with E-state index in [1.807, 2.05) is 19.9 Å². The first-order chi connectivity index (χ1) is 12.3. The zero-order valence-electron chi connectivity index (χ0n) is 14.8. The van der Waals surface area contributed by atoms with E-state index < -0.39 is 0 Å². The van der Waals surface area contributed by atoms with E-state index >= 15 is 0 Å². The lowest BCUT2D eigenvalue weighted by molar-refractivity contribution is 0.102. The Kier molecular flexibility index (Phi) is 5.20. The van der Waals surface area contributed by atoms with E-state index in [9.17, 15) is 4.79 Å². The molecular weight excluding hydrogens is 370 g/mol. The monoisotopic (exact) mass is 387 g/mol. The molecule has 0 unspecified atom stereocenters. The lowest BCUT2D eigenvalue weighted by Crippen LogP contribution is -2.17. The maximum Gasteiger partial charge on any atom is 0.259 e. The third-order valence-corrected chi connectivity index (χ3v) is 5.19. The molecule has 26 heavy (non-hydrogen) atoms. The Morgan fingerprint density at radius 2 is 1.65 bits per heavy atom. The smallest absolute Gasteiger partial charge is 0.259 e. The first-order valence-corrected chi connectivity index (χ1v) is 9.16. The number of rotatable bonds is 4. The topological polar surface area (TPSA) is 79.8 Å². The molecule has 2 aromatic heterocycles. The van der Waals surface area contributed by atoms with Crippen LogP contribution in [0.15, 0.2) is 24.3 Å². The molecule has 134 valence electrons. The number of nitrogens with one attached hydrogen (secondary N) is 2. The molecule has 1 amide bonds. The molecule has 0 saturated heterocycles. The van der Waals surface area contributed by atoms with Gasteiger partial charge in [-0.05, 0) is 39.8 Å². The molecular formula is C18H18ClN5OS. The van der Waals surface area contributed by atoms with Crippen LogP contribution in [0.2, 0.25) is 5.02 Å². The molecule has 0 aliphatic carbocycles. The molecule has 3 aromatic rings. The maximum absolute atomic E-state index is 12.6. The molecule has 3 rings (SSSR count). The number of halogens is 1. The molecule has 0 spiro atoms. The molecule has 0 aliphatic rings. The Morgan fingerprint density at radius 3 is 2.23 bits per heavy atom. The van der Waals surface area contributed by atoms with E-state index in [2.05, 4.69) is 25.6 Å². The number of amides is 1. The molecule has 0 bridgehead atoms. The minimum absolute atomic E-state index is 0.291. The Labute approximate surface area is 160 Å². The van der Waals surface area contributed by atoms with E-state index in [4.69, 9.17) is 11.6 Å². The van der Waals surface area contributed by atoms with Gasteiger partial charge in [0.15, 0.2) is 5.13 Å². The van der Waals surface area contributed by atoms with Gasteiger partial charge in [0.25, 0.3) is 5.91 Å². The molecule has 0 radical (unpaired) electrons. The van der Waals surface area contributed by atoms with Gasteiger partial charge in [0, 0.05) is 4.88 Å². The van der Waals surface area contributed by atoms with E-state index in [1.54, 1.807) is 32.0 Å². The second-order valence-corrected chi connectivity index (χ2v) is 7.42. The lowest BCUT2D eigenvalue weighted by Gasteiger charge is -2.12. The number of para-hydroxylation sites is 1. The summed E-state index contributed by atoms with van der Waals surface area (Å²) in [4.78, 5) is 27.0. The number of carbonyl (C=O) groups is 1. The van der Waals surface area contributed by atoms with Gasteiger partial charge in [-0.3, -0.25) is 4.79 Å². The number of thiazole rings is 1. The van der Waals surface area contributed by atoms with Crippen LogP contribution in [0, 0.1) is 27.7 Å². The van der Waals surface area contributed by atoms with Crippen LogP contribution in [0.4, 0.5) is 16.8 Å². The van der Waals surface area contributed by atoms with Gasteiger partial charge >= 0.3 is 0 Å². The second-order valence-electron chi connectivity index (χ2n) is 5.81. The van der Waals surface area contributed by atoms with Crippen LogP contribution in [0.1, 0.15) is 32.3 Å². The summed E-state index contributed by atoms with van der Waals surface area (Å²) in [6.07, 6.45) is 0. The highest BCUT2D eigenvalue weighted by Crippen LogP contribution is 2.25. The number of hydrogen-bond donors (Lipinski definition) is 2. The fourth-order valence-corrected chi connectivity index (χ4v) is 3.46. The summed E-state index contributed by atoms with van der Waals surface area (Å²) in [6.45, 7) is 7.52. The number of anilines is 3. The van der Waals surface area contributed by atoms with Crippen molar-refractivity contribution >= 4 is 45.6 Å². The highest BCUT2D eigenvalue weighted by Gasteiger charge is 2.18. The van der Waals surface area contributed by atoms with Crippen LogP contribution >= 0.6 is 22.9 Å². The summed E-state index contributed by atoms with van der Waals surface area (Å²) in [7, 11) is 0. The number of carbonyl (C=O) groups excluding carboxylic acids is 1. The molecule has 8 heteroatoms. The van der Waals surface area contributed by atoms with E-state index in [1.165, 1.54) is 11.3 Å². The van der Waals surface area contributed by atoms with E-state index in [0.717, 1.165) is 15.7 Å². The Hall–Kier alpha value is -2.51. The molecule has 0 aliphatic heterocycles. The fourth-order valence-electron chi connectivity index (χ4n) is 2.47. The molecule has 0 saturated carbocycles. The predicted octanol–water partition coefficient (Wildman–Crippen LogP) is 4.82. The summed E-state index contributed by atoms with van der Waals surface area (Å²) >= 11 is 7.64. The third-order valence-electron chi connectivity index (χ3n) is 3.87. The normalized spacial score (nSPS) is 10.7. The largest absolute Gasteiger partial charge is 0.321 e. The summed E-state index contributed by atoms with van der Waals surface area (Å²) in [6, 6.07) is 7.08. The van der Waals surface area contributed by atoms with Crippen molar-refractivity contribution in [3.8, 4) is 0 Å². The molecule has 6 nitrogen and oxygen atoms in total. The van der Waals surface area contributed by atoms with Gasteiger partial charge in [0.05, 0.1) is 33.4 Å². The van der Waals surface area contributed by atoms with Gasteiger partial charge in [0.1, 0.15) is 0 Å². The molecule has 0 fully saturated rings. The van der Waals surface area contributed by atoms with Gasteiger partial charge in [0.2, 0.25) is 5.95 Å². The Morgan fingerprint density at radius 1 is 1.00 bits per heavy atom. The van der Waals surface area contributed by atoms with Crippen molar-refractivity contribution in [3.05, 3.63) is 56.8 Å². The maximum atomic E-state index is 12.6. The average molecular weight is 388 g/mol. The van der Waals surface area contributed by atoms with E-state index in [0.29, 0.717) is 33.6 Å². The average Bonchev–Trinajstić information content (AvgIpc) is 2.86. The van der Waals surface area contributed by atoms with Crippen molar-refractivity contribution in [3.63, 3.8) is 0 Å². The first-order valence-electron chi connectivity index (χ1n) is 7.97. The van der Waals surface area contributed by atoms with Crippen LogP contribution in [0.25, 0.3) is 0 Å². The van der Waals surface area contributed by atoms with Gasteiger partial charge in [-0.1, -0.05) is 23.7 Å². The van der Waals surface area contributed by atoms with Crippen molar-refractivity contribution in [2.45, 2.75) is 27.7 Å². The van der Waals surface area contributed by atoms with E-state index in [-0.39, 0.29) is 5.91 Å². The van der Waals surface area contributed by atoms with Gasteiger partial charge in [-0.25, -0.2) is 15.0 Å². The van der Waals surface area contributed by atoms with Crippen LogP contribution in [-0.2, 0) is 0 Å². The van der Waals surface area contributed by atoms with Crippen molar-refractivity contribution in [1.29, 1.82) is 0 Å². The summed E-state index contributed by atoms with van der Waals surface area (Å²) in [5, 5.41) is 7.12. The molecule has 0 atom stereocenters. The van der Waals surface area contributed by atoms with Crippen LogP contribution in [0.5, 0.6) is 0 Å². The second kappa shape index (κ2) is 7.39. The fraction of sp³-hybridized carbons (Fsp3) is 0.222. The predicted molar refractivity (Wildman–Crippen MR) is 106 cm³/mol. The summed E-state index contributed by atoms with van der Waals surface area (Å²) in [5.41, 5.74) is 3.11. The number of hydrogen-bond acceptors (Lipinski definition) is 6. The minimum atomic E-state index is -0.291. The Balaban J connectivity index is 1.85. The third kappa shape index (κ3) is 3.84. The van der Waals surface area contributed by atoms with Crippen LogP contribution in [-0.4, -0.2) is 20.9 Å². The minimum Gasteiger partial charge on any atom is -0.321 e. The van der Waals surface area contributed by atoms with Gasteiger partial charge in [-0.15, -0.1) is 11.3 Å². The van der Waals surface area contributed by atoms with Crippen molar-refractivity contribution < 1.29 is 4.79 Å². The quantitative estimate of drug-likeness (QED) is 0.671. The highest BCUT2D eigenvalue weighted by atomic mass is 35.5. The first kappa shape index (κ1) is 18.3. The standard InChI is InChI=1S/C18H18ClN5OS/c1-9-12(4)26-18(22-9)24-17-20-10(2)15(11(3)21-17)16(25)23-14-8-6-5-7-13(14)19/h5-8H,1-4H3,(H,23,25)(H,20,21,22,24). The van der Waals surface area contributed by atoms with Crippen LogP contribution < -0.4 is 10.6 Å². The number of aryl methyl sites for hydroxylation is 4. The van der Waals surface area contributed by atoms with Crippen molar-refractivity contribution in [2.75, 3.05) is 10.6 Å². The zero-order valence-corrected chi connectivity index (χ0v) is 16.4. The number of aromatic nitrogens is 3. The summed E-state index contributed by atoms with van der Waals surface area (Å²) < 4.78 is 0. The Bertz CT molecular complexity index is 943. The number of nitrogens with zero attached hydrogens (tertiary/aromatic N) is 3. The molecule has 2 N–H and O–H groups in total.